The van der Waals surface area contributed by atoms with Crippen LogP contribution < -0.4 is 20.7 Å². The summed E-state index contributed by atoms with van der Waals surface area (Å²) in [6, 6.07) is 12.8. The van der Waals surface area contributed by atoms with E-state index in [1.54, 1.807) is 7.11 Å². The first kappa shape index (κ1) is 26.1. The summed E-state index contributed by atoms with van der Waals surface area (Å²) in [6.45, 7) is 6.81. The summed E-state index contributed by atoms with van der Waals surface area (Å²) in [7, 11) is 1.65. The maximum absolute atomic E-state index is 13.0. The highest BCUT2D eigenvalue weighted by Crippen LogP contribution is 2.24. The molecule has 1 aromatic heterocycles. The van der Waals surface area contributed by atoms with Gasteiger partial charge in [0.15, 0.2) is 0 Å². The molecule has 1 atom stereocenters. The summed E-state index contributed by atoms with van der Waals surface area (Å²) in [5, 5.41) is 9.84. The van der Waals surface area contributed by atoms with Gasteiger partial charge in [-0.15, -0.1) is 0 Å². The van der Waals surface area contributed by atoms with E-state index in [4.69, 9.17) is 4.74 Å². The highest BCUT2D eigenvalue weighted by molar-refractivity contribution is 5.97. The number of anilines is 1. The summed E-state index contributed by atoms with van der Waals surface area (Å²) >= 11 is 0. The van der Waals surface area contributed by atoms with Crippen LogP contribution in [0.5, 0.6) is 5.75 Å². The lowest BCUT2D eigenvalue weighted by Crippen LogP contribution is -2.48. The number of aromatic amines is 1. The Labute approximate surface area is 208 Å². The second-order valence-corrected chi connectivity index (χ2v) is 9.19. The fourth-order valence-electron chi connectivity index (χ4n) is 4.08. The van der Waals surface area contributed by atoms with Crippen molar-refractivity contribution < 1.29 is 14.3 Å². The molecular formula is C28H38N4O3. The molecule has 0 saturated carbocycles. The number of H-pyrrole nitrogens is 1. The molecule has 1 heterocycles. The first-order chi connectivity index (χ1) is 16.9. The Morgan fingerprint density at radius 3 is 2.66 bits per heavy atom. The Kier molecular flexibility index (Phi) is 9.58. The molecule has 3 amide bonds. The van der Waals surface area contributed by atoms with Crippen LogP contribution in [0.25, 0.3) is 10.9 Å². The highest BCUT2D eigenvalue weighted by atomic mass is 16.5. The number of hydrogen-bond acceptors (Lipinski definition) is 3. The summed E-state index contributed by atoms with van der Waals surface area (Å²) in [5.74, 6) is 0.971. The van der Waals surface area contributed by atoms with Gasteiger partial charge in [-0.2, -0.15) is 0 Å². The van der Waals surface area contributed by atoms with Gasteiger partial charge in [0.25, 0.3) is 0 Å². The van der Waals surface area contributed by atoms with E-state index in [0.717, 1.165) is 52.7 Å². The number of nitrogens with one attached hydrogen (secondary N) is 4. The number of fused-ring (bicyclic) bond motifs is 1. The molecule has 7 heteroatoms. The van der Waals surface area contributed by atoms with Crippen molar-refractivity contribution in [1.29, 1.82) is 0 Å². The normalized spacial score (nSPS) is 11.9. The minimum absolute atomic E-state index is 0.194. The van der Waals surface area contributed by atoms with E-state index < -0.39 is 6.04 Å². The van der Waals surface area contributed by atoms with Crippen LogP contribution in [-0.4, -0.2) is 36.6 Å². The quantitative estimate of drug-likeness (QED) is 0.250. The van der Waals surface area contributed by atoms with Crippen molar-refractivity contribution in [2.75, 3.05) is 19.0 Å². The monoisotopic (exact) mass is 478 g/mol. The van der Waals surface area contributed by atoms with Crippen molar-refractivity contribution in [2.45, 2.75) is 64.8 Å². The van der Waals surface area contributed by atoms with Gasteiger partial charge in [-0.1, -0.05) is 52.2 Å². The maximum Gasteiger partial charge on any atom is 0.315 e. The van der Waals surface area contributed by atoms with Crippen molar-refractivity contribution in [2.24, 2.45) is 0 Å². The van der Waals surface area contributed by atoms with Gasteiger partial charge in [0.05, 0.1) is 7.11 Å². The standard InChI is InChI=1S/C28H38N4O3/c1-5-6-7-11-26(27(33)31-22-10-8-9-20(16-22)19(2)3)32-28(34)29-15-14-21-18-30-25-13-12-23(35-4)17-24(21)25/h8-10,12-13,16-19,26,30H,5-7,11,14-15H2,1-4H3,(H,31,33)(H2,29,32,34). The number of urea groups is 1. The molecule has 0 aliphatic carbocycles. The van der Waals surface area contributed by atoms with Gasteiger partial charge in [-0.05, 0) is 60.2 Å². The Balaban J connectivity index is 1.57. The summed E-state index contributed by atoms with van der Waals surface area (Å²) in [6.07, 6.45) is 6.15. The van der Waals surface area contributed by atoms with Crippen LogP contribution in [0.4, 0.5) is 10.5 Å². The molecule has 35 heavy (non-hydrogen) atoms. The Morgan fingerprint density at radius 1 is 1.09 bits per heavy atom. The van der Waals surface area contributed by atoms with Crippen molar-refractivity contribution in [3.63, 3.8) is 0 Å². The van der Waals surface area contributed by atoms with Gasteiger partial charge in [-0.3, -0.25) is 4.79 Å². The largest absolute Gasteiger partial charge is 0.497 e. The number of hydrogen-bond donors (Lipinski definition) is 4. The van der Waals surface area contributed by atoms with E-state index in [9.17, 15) is 9.59 Å². The van der Waals surface area contributed by atoms with E-state index in [2.05, 4.69) is 47.8 Å². The summed E-state index contributed by atoms with van der Waals surface area (Å²) in [5.41, 5.74) is 4.03. The molecule has 0 saturated heterocycles. The molecule has 0 spiro atoms. The maximum atomic E-state index is 13.0. The van der Waals surface area contributed by atoms with Crippen LogP contribution in [0.1, 0.15) is 63.5 Å². The first-order valence-electron chi connectivity index (χ1n) is 12.5. The molecule has 188 valence electrons. The zero-order chi connectivity index (χ0) is 25.2. The third-order valence-corrected chi connectivity index (χ3v) is 6.19. The van der Waals surface area contributed by atoms with Gasteiger partial charge in [0.2, 0.25) is 5.91 Å². The average Bonchev–Trinajstić information content (AvgIpc) is 3.25. The second-order valence-electron chi connectivity index (χ2n) is 9.19. The topological polar surface area (TPSA) is 95.2 Å². The van der Waals surface area contributed by atoms with Crippen molar-refractivity contribution in [1.82, 2.24) is 15.6 Å². The lowest BCUT2D eigenvalue weighted by Gasteiger charge is -2.19. The molecule has 2 aromatic carbocycles. The molecule has 0 aliphatic rings. The van der Waals surface area contributed by atoms with Crippen LogP contribution >= 0.6 is 0 Å². The predicted molar refractivity (Wildman–Crippen MR) is 142 cm³/mol. The van der Waals surface area contributed by atoms with Gasteiger partial charge in [0.1, 0.15) is 11.8 Å². The Hall–Kier alpha value is -3.48. The lowest BCUT2D eigenvalue weighted by molar-refractivity contribution is -0.118. The van der Waals surface area contributed by atoms with Crippen molar-refractivity contribution in [3.05, 3.63) is 59.8 Å². The smallest absolute Gasteiger partial charge is 0.315 e. The zero-order valence-electron chi connectivity index (χ0n) is 21.2. The minimum Gasteiger partial charge on any atom is -0.497 e. The molecule has 1 unspecified atom stereocenters. The third kappa shape index (κ3) is 7.50. The number of benzene rings is 2. The number of aromatic nitrogens is 1. The van der Waals surface area contributed by atoms with E-state index >= 15 is 0 Å². The van der Waals surface area contributed by atoms with Gasteiger partial charge in [0, 0.05) is 29.3 Å². The number of methoxy groups -OCH3 is 1. The fraction of sp³-hybridized carbons (Fsp3) is 0.429. The van der Waals surface area contributed by atoms with E-state index in [0.29, 0.717) is 25.3 Å². The fourth-order valence-corrected chi connectivity index (χ4v) is 4.08. The van der Waals surface area contributed by atoms with Crippen molar-refractivity contribution in [3.8, 4) is 5.75 Å². The minimum atomic E-state index is -0.596. The van der Waals surface area contributed by atoms with Crippen molar-refractivity contribution >= 4 is 28.5 Å². The molecule has 0 aliphatic heterocycles. The SMILES string of the molecule is CCCCCC(NC(=O)NCCc1c[nH]c2ccc(OC)cc12)C(=O)Nc1cccc(C(C)C)c1. The van der Waals surface area contributed by atoms with Crippen LogP contribution in [0, 0.1) is 0 Å². The number of ether oxygens (including phenoxy) is 1. The molecule has 7 nitrogen and oxygen atoms in total. The van der Waals surface area contributed by atoms with Gasteiger partial charge < -0.3 is 25.7 Å². The van der Waals surface area contributed by atoms with Crippen LogP contribution in [-0.2, 0) is 11.2 Å². The summed E-state index contributed by atoms with van der Waals surface area (Å²) in [4.78, 5) is 28.9. The number of rotatable bonds is 12. The number of carbonyl (C=O) groups excluding carboxylic acids is 2. The molecule has 0 fully saturated rings. The first-order valence-corrected chi connectivity index (χ1v) is 12.5. The third-order valence-electron chi connectivity index (χ3n) is 6.19. The number of amides is 3. The van der Waals surface area contributed by atoms with Gasteiger partial charge >= 0.3 is 6.03 Å². The summed E-state index contributed by atoms with van der Waals surface area (Å²) < 4.78 is 5.32. The molecule has 3 aromatic rings. The molecule has 0 radical (unpaired) electrons. The Morgan fingerprint density at radius 2 is 1.91 bits per heavy atom. The predicted octanol–water partition coefficient (Wildman–Crippen LogP) is 5.73. The molecule has 3 rings (SSSR count). The van der Waals surface area contributed by atoms with E-state index in [-0.39, 0.29) is 11.9 Å². The van der Waals surface area contributed by atoms with E-state index in [1.165, 1.54) is 0 Å². The number of unbranched alkanes of at least 4 members (excludes halogenated alkanes) is 2. The highest BCUT2D eigenvalue weighted by Gasteiger charge is 2.21. The average molecular weight is 479 g/mol. The van der Waals surface area contributed by atoms with Crippen LogP contribution in [0.3, 0.4) is 0 Å². The second kappa shape index (κ2) is 12.8. The molecular weight excluding hydrogens is 440 g/mol. The molecule has 4 N–H and O–H groups in total. The number of carbonyl (C=O) groups is 2. The molecule has 0 bridgehead atoms. The van der Waals surface area contributed by atoms with E-state index in [1.807, 2.05) is 42.6 Å². The van der Waals surface area contributed by atoms with Crippen LogP contribution in [0.2, 0.25) is 0 Å². The zero-order valence-corrected chi connectivity index (χ0v) is 21.2. The van der Waals surface area contributed by atoms with Gasteiger partial charge in [-0.25, -0.2) is 4.79 Å². The lowest BCUT2D eigenvalue weighted by atomic mass is 10.0. The Bertz CT molecular complexity index is 1120. The van der Waals surface area contributed by atoms with Crippen LogP contribution in [0.15, 0.2) is 48.7 Å².